The van der Waals surface area contributed by atoms with E-state index in [-0.39, 0.29) is 0 Å². The Morgan fingerprint density at radius 2 is 1.19 bits per heavy atom. The highest BCUT2D eigenvalue weighted by atomic mass is 16.5. The summed E-state index contributed by atoms with van der Waals surface area (Å²) in [6.07, 6.45) is 0. The molecule has 0 atom stereocenters. The maximum absolute atomic E-state index is 6.38. The second-order valence-electron chi connectivity index (χ2n) is 7.23. The third-order valence-electron chi connectivity index (χ3n) is 5.51. The van der Waals surface area contributed by atoms with Crippen molar-refractivity contribution in [2.24, 2.45) is 0 Å². The van der Waals surface area contributed by atoms with Gasteiger partial charge in [0.2, 0.25) is 0 Å². The third-order valence-corrected chi connectivity index (χ3v) is 5.51. The van der Waals surface area contributed by atoms with Gasteiger partial charge in [0.15, 0.2) is 17.3 Å². The summed E-state index contributed by atoms with van der Waals surface area (Å²) in [5.74, 6) is 0.873. The summed E-state index contributed by atoms with van der Waals surface area (Å²) in [6, 6.07) is 31.0. The van der Waals surface area contributed by atoms with Crippen LogP contribution >= 0.6 is 0 Å². The van der Waals surface area contributed by atoms with Crippen LogP contribution in [0.2, 0.25) is 0 Å². The van der Waals surface area contributed by atoms with Crippen molar-refractivity contribution >= 4 is 17.0 Å². The molecule has 3 N–H and O–H groups in total. The largest absolute Gasteiger partial charge is 0.468 e. The predicted octanol–water partition coefficient (Wildman–Crippen LogP) is 4.33. The number of aromatic amines is 1. The van der Waals surface area contributed by atoms with Crippen LogP contribution in [0.15, 0.2) is 91.0 Å². The average Bonchev–Trinajstić information content (AvgIpc) is 3.26. The summed E-state index contributed by atoms with van der Waals surface area (Å²) < 4.78 is 5.24. The number of nitrogens with one attached hydrogen (secondary N) is 1. The van der Waals surface area contributed by atoms with Crippen molar-refractivity contribution in [2.75, 3.05) is 12.8 Å². The Morgan fingerprint density at radius 3 is 1.65 bits per heavy atom. The Hall–Kier alpha value is -4.19. The fourth-order valence-electron chi connectivity index (χ4n) is 4.11. The molecule has 0 unspecified atom stereocenters. The normalized spacial score (nSPS) is 11.5. The summed E-state index contributed by atoms with van der Waals surface area (Å²) in [5.41, 5.74) is 9.73. The first-order valence-corrected chi connectivity index (χ1v) is 9.97. The van der Waals surface area contributed by atoms with E-state index >= 15 is 0 Å². The zero-order valence-corrected chi connectivity index (χ0v) is 17.0. The van der Waals surface area contributed by atoms with Gasteiger partial charge in [0, 0.05) is 0 Å². The SMILES string of the molecule is COc1nc2nc(C(c3ccccc3)(c3ccccc3)c3ccccc3)nc(N)c2[nH]1. The molecular weight excluding hydrogens is 386 g/mol. The van der Waals surface area contributed by atoms with Crippen molar-refractivity contribution in [3.05, 3.63) is 114 Å². The molecule has 0 aliphatic heterocycles. The molecule has 6 heteroatoms. The van der Waals surface area contributed by atoms with E-state index in [0.717, 1.165) is 16.7 Å². The van der Waals surface area contributed by atoms with Crippen LogP contribution in [0.3, 0.4) is 0 Å². The number of hydrogen-bond donors (Lipinski definition) is 2. The van der Waals surface area contributed by atoms with Gasteiger partial charge in [0.05, 0.1) is 7.11 Å². The standard InChI is InChI=1S/C25H21N5O/c1-31-24-27-20-21(26)28-23(29-22(20)30-24)25(17-11-5-2-6-12-17,18-13-7-3-8-14-18)19-15-9-4-10-16-19/h2-16H,1H3,(H3,26,27,28,29,30). The molecule has 0 amide bonds. The molecule has 31 heavy (non-hydrogen) atoms. The zero-order chi connectivity index (χ0) is 21.3. The molecule has 5 rings (SSSR count). The fraction of sp³-hybridized carbons (Fsp3) is 0.0800. The van der Waals surface area contributed by atoms with Crippen LogP contribution in [0.25, 0.3) is 11.2 Å². The molecule has 0 aliphatic rings. The van der Waals surface area contributed by atoms with Gasteiger partial charge in [-0.05, 0) is 16.7 Å². The van der Waals surface area contributed by atoms with Gasteiger partial charge in [0.25, 0.3) is 6.01 Å². The van der Waals surface area contributed by atoms with Crippen LogP contribution < -0.4 is 10.5 Å². The zero-order valence-electron chi connectivity index (χ0n) is 17.0. The number of H-pyrrole nitrogens is 1. The van der Waals surface area contributed by atoms with Gasteiger partial charge in [0.1, 0.15) is 10.9 Å². The highest BCUT2D eigenvalue weighted by Gasteiger charge is 2.41. The number of anilines is 1. The topological polar surface area (TPSA) is 89.7 Å². The predicted molar refractivity (Wildman–Crippen MR) is 121 cm³/mol. The van der Waals surface area contributed by atoms with Crippen molar-refractivity contribution in [1.29, 1.82) is 0 Å². The molecule has 0 aliphatic carbocycles. The van der Waals surface area contributed by atoms with Gasteiger partial charge in [-0.15, -0.1) is 0 Å². The molecule has 0 fully saturated rings. The number of methoxy groups -OCH3 is 1. The molecule has 0 radical (unpaired) electrons. The summed E-state index contributed by atoms with van der Waals surface area (Å²) in [6.45, 7) is 0. The van der Waals surface area contributed by atoms with Crippen LogP contribution in [0.4, 0.5) is 5.82 Å². The number of ether oxygens (including phenoxy) is 1. The number of aromatic nitrogens is 4. The van der Waals surface area contributed by atoms with Crippen LogP contribution in [0.5, 0.6) is 6.01 Å². The van der Waals surface area contributed by atoms with E-state index in [1.54, 1.807) is 7.11 Å². The first kappa shape index (κ1) is 18.8. The molecule has 0 saturated carbocycles. The van der Waals surface area contributed by atoms with Gasteiger partial charge in [-0.25, -0.2) is 9.97 Å². The van der Waals surface area contributed by atoms with Crippen molar-refractivity contribution in [3.8, 4) is 6.01 Å². The minimum Gasteiger partial charge on any atom is -0.468 e. The first-order chi connectivity index (χ1) is 15.2. The van der Waals surface area contributed by atoms with E-state index in [4.69, 9.17) is 20.4 Å². The molecule has 0 spiro atoms. The quantitative estimate of drug-likeness (QED) is 0.423. The van der Waals surface area contributed by atoms with Crippen molar-refractivity contribution in [2.45, 2.75) is 5.41 Å². The number of imidazole rings is 1. The Morgan fingerprint density at radius 1 is 0.710 bits per heavy atom. The number of nitrogens with two attached hydrogens (primary N) is 1. The summed E-state index contributed by atoms with van der Waals surface area (Å²) in [4.78, 5) is 17.1. The number of nitrogens with zero attached hydrogens (tertiary/aromatic N) is 3. The van der Waals surface area contributed by atoms with Crippen LogP contribution in [0.1, 0.15) is 22.5 Å². The second kappa shape index (κ2) is 7.57. The van der Waals surface area contributed by atoms with Gasteiger partial charge in [-0.2, -0.15) is 4.98 Å². The highest BCUT2D eigenvalue weighted by molar-refractivity contribution is 5.82. The average molecular weight is 407 g/mol. The molecule has 3 aromatic carbocycles. The van der Waals surface area contributed by atoms with E-state index in [2.05, 4.69) is 46.4 Å². The number of nitrogen functional groups attached to an aromatic ring is 1. The van der Waals surface area contributed by atoms with Crippen molar-refractivity contribution < 1.29 is 4.74 Å². The lowest BCUT2D eigenvalue weighted by Crippen LogP contribution is -2.33. The lowest BCUT2D eigenvalue weighted by Gasteiger charge is -2.34. The summed E-state index contributed by atoms with van der Waals surface area (Å²) in [5, 5.41) is 0. The van der Waals surface area contributed by atoms with Crippen molar-refractivity contribution in [3.63, 3.8) is 0 Å². The Kier molecular flexibility index (Phi) is 4.59. The number of rotatable bonds is 5. The Labute approximate surface area is 179 Å². The Balaban J connectivity index is 1.92. The molecule has 5 aromatic rings. The van der Waals surface area contributed by atoms with Gasteiger partial charge in [-0.3, -0.25) is 0 Å². The number of fused-ring (bicyclic) bond motifs is 1. The molecule has 0 saturated heterocycles. The van der Waals surface area contributed by atoms with E-state index in [1.165, 1.54) is 0 Å². The maximum Gasteiger partial charge on any atom is 0.295 e. The first-order valence-electron chi connectivity index (χ1n) is 9.97. The van der Waals surface area contributed by atoms with Gasteiger partial charge < -0.3 is 15.5 Å². The van der Waals surface area contributed by atoms with E-state index in [0.29, 0.717) is 28.8 Å². The van der Waals surface area contributed by atoms with E-state index in [1.807, 2.05) is 54.6 Å². The monoisotopic (exact) mass is 407 g/mol. The third kappa shape index (κ3) is 3.00. The molecule has 0 bridgehead atoms. The Bertz CT molecular complexity index is 1220. The fourth-order valence-corrected chi connectivity index (χ4v) is 4.11. The van der Waals surface area contributed by atoms with E-state index in [9.17, 15) is 0 Å². The molecule has 2 heterocycles. The van der Waals surface area contributed by atoms with Gasteiger partial charge >= 0.3 is 0 Å². The minimum atomic E-state index is -0.779. The molecule has 2 aromatic heterocycles. The highest BCUT2D eigenvalue weighted by Crippen LogP contribution is 2.44. The summed E-state index contributed by atoms with van der Waals surface area (Å²) in [7, 11) is 1.55. The van der Waals surface area contributed by atoms with Crippen LogP contribution in [-0.2, 0) is 5.41 Å². The lowest BCUT2D eigenvalue weighted by atomic mass is 9.68. The second-order valence-corrected chi connectivity index (χ2v) is 7.23. The molecule has 152 valence electrons. The van der Waals surface area contributed by atoms with Crippen LogP contribution in [-0.4, -0.2) is 27.0 Å². The number of benzene rings is 3. The molecular formula is C25H21N5O. The smallest absolute Gasteiger partial charge is 0.295 e. The number of hydrogen-bond acceptors (Lipinski definition) is 5. The minimum absolute atomic E-state index is 0.322. The summed E-state index contributed by atoms with van der Waals surface area (Å²) >= 11 is 0. The molecule has 6 nitrogen and oxygen atoms in total. The van der Waals surface area contributed by atoms with E-state index < -0.39 is 5.41 Å². The van der Waals surface area contributed by atoms with Crippen molar-refractivity contribution in [1.82, 2.24) is 19.9 Å². The van der Waals surface area contributed by atoms with Crippen LogP contribution in [0, 0.1) is 0 Å². The van der Waals surface area contributed by atoms with Gasteiger partial charge in [-0.1, -0.05) is 91.0 Å². The maximum atomic E-state index is 6.38. The lowest BCUT2D eigenvalue weighted by molar-refractivity contribution is 0.386.